The summed E-state index contributed by atoms with van der Waals surface area (Å²) in [7, 11) is 1.60. The molecule has 24 heavy (non-hydrogen) atoms. The van der Waals surface area contributed by atoms with Gasteiger partial charge in [0, 0.05) is 18.6 Å². The Morgan fingerprint density at radius 3 is 2.71 bits per heavy atom. The molecule has 0 spiro atoms. The van der Waals surface area contributed by atoms with Crippen LogP contribution in [0.25, 0.3) is 10.8 Å². The molecule has 1 aromatic carbocycles. The third kappa shape index (κ3) is 3.03. The summed E-state index contributed by atoms with van der Waals surface area (Å²) in [6, 6.07) is 10.7. The zero-order chi connectivity index (χ0) is 17.1. The zero-order valence-corrected chi connectivity index (χ0v) is 14.1. The molecule has 2 heterocycles. The molecule has 0 aliphatic heterocycles. The minimum Gasteiger partial charge on any atom is -0.346 e. The van der Waals surface area contributed by atoms with Crippen LogP contribution < -0.4 is 10.9 Å². The van der Waals surface area contributed by atoms with E-state index in [1.165, 1.54) is 16.4 Å². The van der Waals surface area contributed by atoms with Gasteiger partial charge < -0.3 is 5.32 Å². The lowest BCUT2D eigenvalue weighted by Gasteiger charge is -2.10. The standard InChI is InChI=1S/C17H16N4O2S/c1-21-17(23)12-7-4-3-6-11(12)14(20-21)10-19-15(22)13-8-5-9-18-16(13)24-2/h3-9H,10H2,1-2H3,(H,19,22). The van der Waals surface area contributed by atoms with Crippen LogP contribution in [0.5, 0.6) is 0 Å². The number of carbonyl (C=O) groups excluding carboxylic acids is 1. The van der Waals surface area contributed by atoms with E-state index in [0.29, 0.717) is 21.7 Å². The van der Waals surface area contributed by atoms with E-state index in [4.69, 9.17) is 0 Å². The molecular weight excluding hydrogens is 324 g/mol. The van der Waals surface area contributed by atoms with E-state index < -0.39 is 0 Å². The summed E-state index contributed by atoms with van der Waals surface area (Å²) in [5.74, 6) is -0.216. The normalized spacial score (nSPS) is 10.8. The molecule has 0 aliphatic rings. The molecule has 1 amide bonds. The Morgan fingerprint density at radius 2 is 1.96 bits per heavy atom. The molecule has 3 rings (SSSR count). The molecule has 6 nitrogen and oxygen atoms in total. The van der Waals surface area contributed by atoms with Crippen molar-refractivity contribution in [3.63, 3.8) is 0 Å². The average Bonchev–Trinajstić information content (AvgIpc) is 2.63. The Bertz CT molecular complexity index is 968. The summed E-state index contributed by atoms with van der Waals surface area (Å²) in [4.78, 5) is 28.7. The number of nitrogens with one attached hydrogen (secondary N) is 1. The summed E-state index contributed by atoms with van der Waals surface area (Å²) in [6.07, 6.45) is 3.53. The number of carbonyl (C=O) groups is 1. The van der Waals surface area contributed by atoms with Crippen molar-refractivity contribution in [3.05, 3.63) is 64.2 Å². The first kappa shape index (κ1) is 16.2. The van der Waals surface area contributed by atoms with Gasteiger partial charge in [0.25, 0.3) is 11.5 Å². The fourth-order valence-corrected chi connectivity index (χ4v) is 3.04. The number of aryl methyl sites for hydroxylation is 1. The lowest BCUT2D eigenvalue weighted by molar-refractivity contribution is 0.0946. The number of rotatable bonds is 4. The van der Waals surface area contributed by atoms with Crippen molar-refractivity contribution >= 4 is 28.4 Å². The molecule has 0 atom stereocenters. The van der Waals surface area contributed by atoms with Crippen LogP contribution in [0.2, 0.25) is 0 Å². The highest BCUT2D eigenvalue weighted by molar-refractivity contribution is 7.98. The first-order valence-electron chi connectivity index (χ1n) is 7.34. The maximum Gasteiger partial charge on any atom is 0.274 e. The van der Waals surface area contributed by atoms with Crippen LogP contribution >= 0.6 is 11.8 Å². The summed E-state index contributed by atoms with van der Waals surface area (Å²) in [5, 5.41) is 9.15. The Hall–Kier alpha value is -2.67. The van der Waals surface area contributed by atoms with Gasteiger partial charge in [0.1, 0.15) is 5.03 Å². The van der Waals surface area contributed by atoms with Crippen molar-refractivity contribution in [3.8, 4) is 0 Å². The maximum atomic E-state index is 12.4. The monoisotopic (exact) mass is 340 g/mol. The molecule has 0 saturated heterocycles. The Morgan fingerprint density at radius 1 is 1.21 bits per heavy atom. The molecule has 122 valence electrons. The van der Waals surface area contributed by atoms with Gasteiger partial charge in [-0.2, -0.15) is 5.10 Å². The minimum atomic E-state index is -0.216. The highest BCUT2D eigenvalue weighted by atomic mass is 32.2. The van der Waals surface area contributed by atoms with Crippen molar-refractivity contribution in [2.45, 2.75) is 11.6 Å². The molecule has 3 aromatic rings. The molecule has 0 saturated carbocycles. The number of aromatic nitrogens is 3. The van der Waals surface area contributed by atoms with Crippen LogP contribution in [0.4, 0.5) is 0 Å². The Kier molecular flexibility index (Phi) is 4.61. The van der Waals surface area contributed by atoms with Crippen molar-refractivity contribution in [2.24, 2.45) is 7.05 Å². The maximum absolute atomic E-state index is 12.4. The van der Waals surface area contributed by atoms with Gasteiger partial charge in [-0.05, 0) is 24.5 Å². The van der Waals surface area contributed by atoms with Gasteiger partial charge in [-0.15, -0.1) is 11.8 Å². The van der Waals surface area contributed by atoms with Crippen molar-refractivity contribution in [1.82, 2.24) is 20.1 Å². The van der Waals surface area contributed by atoms with E-state index in [0.717, 1.165) is 5.39 Å². The van der Waals surface area contributed by atoms with Gasteiger partial charge in [-0.3, -0.25) is 9.59 Å². The van der Waals surface area contributed by atoms with E-state index in [2.05, 4.69) is 15.4 Å². The van der Waals surface area contributed by atoms with Crippen LogP contribution in [-0.4, -0.2) is 26.9 Å². The summed E-state index contributed by atoms with van der Waals surface area (Å²) in [6.45, 7) is 0.232. The number of pyridine rings is 1. The van der Waals surface area contributed by atoms with E-state index in [1.54, 1.807) is 31.4 Å². The molecule has 0 unspecified atom stereocenters. The predicted molar refractivity (Wildman–Crippen MR) is 94.2 cm³/mol. The Balaban J connectivity index is 1.90. The number of thioether (sulfide) groups is 1. The molecular formula is C17H16N4O2S. The average molecular weight is 340 g/mol. The van der Waals surface area contributed by atoms with Gasteiger partial charge in [-0.25, -0.2) is 9.67 Å². The van der Waals surface area contributed by atoms with Gasteiger partial charge in [0.05, 0.1) is 23.2 Å². The number of hydrogen-bond acceptors (Lipinski definition) is 5. The second-order valence-corrected chi connectivity index (χ2v) is 5.96. The summed E-state index contributed by atoms with van der Waals surface area (Å²) >= 11 is 1.42. The van der Waals surface area contributed by atoms with Crippen molar-refractivity contribution < 1.29 is 4.79 Å². The highest BCUT2D eigenvalue weighted by Crippen LogP contribution is 2.17. The second kappa shape index (κ2) is 6.84. The fraction of sp³-hybridized carbons (Fsp3) is 0.176. The number of fused-ring (bicyclic) bond motifs is 1. The van der Waals surface area contributed by atoms with Gasteiger partial charge in [0.15, 0.2) is 0 Å². The number of nitrogens with zero attached hydrogens (tertiary/aromatic N) is 3. The van der Waals surface area contributed by atoms with Crippen LogP contribution in [0, 0.1) is 0 Å². The van der Waals surface area contributed by atoms with E-state index >= 15 is 0 Å². The first-order valence-corrected chi connectivity index (χ1v) is 8.56. The summed E-state index contributed by atoms with van der Waals surface area (Å²) < 4.78 is 1.29. The zero-order valence-electron chi connectivity index (χ0n) is 13.3. The minimum absolute atomic E-state index is 0.155. The molecule has 2 aromatic heterocycles. The SMILES string of the molecule is CSc1ncccc1C(=O)NCc1nn(C)c(=O)c2ccccc12. The van der Waals surface area contributed by atoms with Crippen molar-refractivity contribution in [1.29, 1.82) is 0 Å². The number of amides is 1. The fourth-order valence-electron chi connectivity index (χ4n) is 2.49. The second-order valence-electron chi connectivity index (χ2n) is 5.16. The quantitative estimate of drug-likeness (QED) is 0.735. The van der Waals surface area contributed by atoms with Crippen LogP contribution in [-0.2, 0) is 13.6 Å². The Labute approximate surface area is 142 Å². The number of benzene rings is 1. The summed E-state index contributed by atoms with van der Waals surface area (Å²) in [5.41, 5.74) is 1.02. The van der Waals surface area contributed by atoms with Crippen LogP contribution in [0.3, 0.4) is 0 Å². The van der Waals surface area contributed by atoms with E-state index in [-0.39, 0.29) is 18.0 Å². The lowest BCUT2D eigenvalue weighted by Crippen LogP contribution is -2.27. The molecule has 7 heteroatoms. The predicted octanol–water partition coefficient (Wildman–Crippen LogP) is 1.98. The van der Waals surface area contributed by atoms with Gasteiger partial charge in [0.2, 0.25) is 0 Å². The van der Waals surface area contributed by atoms with Gasteiger partial charge >= 0.3 is 0 Å². The third-order valence-electron chi connectivity index (χ3n) is 3.66. The molecule has 0 aliphatic carbocycles. The highest BCUT2D eigenvalue weighted by Gasteiger charge is 2.13. The van der Waals surface area contributed by atoms with E-state index in [9.17, 15) is 9.59 Å². The third-order valence-corrected chi connectivity index (χ3v) is 4.37. The largest absolute Gasteiger partial charge is 0.346 e. The van der Waals surface area contributed by atoms with Crippen molar-refractivity contribution in [2.75, 3.05) is 6.26 Å². The molecule has 1 N–H and O–H groups in total. The first-order chi connectivity index (χ1) is 11.6. The van der Waals surface area contributed by atoms with E-state index in [1.807, 2.05) is 24.5 Å². The molecule has 0 bridgehead atoms. The number of hydrogen-bond donors (Lipinski definition) is 1. The van der Waals surface area contributed by atoms with Gasteiger partial charge in [-0.1, -0.05) is 18.2 Å². The lowest BCUT2D eigenvalue weighted by atomic mass is 10.1. The molecule has 0 radical (unpaired) electrons. The van der Waals surface area contributed by atoms with Crippen LogP contribution in [0.15, 0.2) is 52.4 Å². The topological polar surface area (TPSA) is 76.9 Å². The molecule has 0 fully saturated rings. The smallest absolute Gasteiger partial charge is 0.274 e. The van der Waals surface area contributed by atoms with Crippen LogP contribution in [0.1, 0.15) is 16.1 Å².